The van der Waals surface area contributed by atoms with Gasteiger partial charge in [0, 0.05) is 29.8 Å². The molecule has 8 nitrogen and oxygen atoms in total. The average molecular weight is 390 g/mol. The first kappa shape index (κ1) is 19.8. The Kier molecular flexibility index (Phi) is 5.73. The lowest BCUT2D eigenvalue weighted by atomic mass is 10.0. The van der Waals surface area contributed by atoms with Gasteiger partial charge < -0.3 is 16.2 Å². The maximum atomic E-state index is 9.00. The molecular weight excluding hydrogens is 368 g/mol. The summed E-state index contributed by atoms with van der Waals surface area (Å²) >= 11 is 0. The van der Waals surface area contributed by atoms with Gasteiger partial charge in [-0.2, -0.15) is 10.1 Å². The number of hydrogen-bond donors (Lipinski definition) is 4. The first-order valence-electron chi connectivity index (χ1n) is 8.93. The van der Waals surface area contributed by atoms with Crippen LogP contribution in [0.15, 0.2) is 48.7 Å². The number of benzene rings is 2. The minimum Gasteiger partial charge on any atom is -0.481 e. The number of aryl methyl sites for hydroxylation is 2. The third kappa shape index (κ3) is 5.07. The van der Waals surface area contributed by atoms with Gasteiger partial charge in [-0.25, -0.2) is 4.98 Å². The third-order valence-corrected chi connectivity index (χ3v) is 4.00. The lowest BCUT2D eigenvalue weighted by molar-refractivity contribution is -0.134. The minimum atomic E-state index is -0.833. The number of nitrogens with zero attached hydrogens (tertiary/aromatic N) is 3. The van der Waals surface area contributed by atoms with Crippen LogP contribution in [0.1, 0.15) is 18.1 Å². The zero-order valence-corrected chi connectivity index (χ0v) is 16.4. The number of anilines is 3. The van der Waals surface area contributed by atoms with Crippen molar-refractivity contribution in [2.24, 2.45) is 0 Å². The molecular formula is C21H22N6O2. The number of aromatic amines is 1. The molecule has 2 heterocycles. The second-order valence-corrected chi connectivity index (χ2v) is 6.65. The monoisotopic (exact) mass is 390 g/mol. The fourth-order valence-corrected chi connectivity index (χ4v) is 3.01. The molecule has 29 heavy (non-hydrogen) atoms. The van der Waals surface area contributed by atoms with E-state index >= 15 is 0 Å². The SMILES string of the molecule is CC(=O)O.Cc1cc(C)cc(-c2n[nH]c3ccc(Nc4ccnc(N)n4)cc23)c1. The Balaban J connectivity index is 0.000000552. The molecule has 0 saturated heterocycles. The Labute approximate surface area is 167 Å². The van der Waals surface area contributed by atoms with E-state index in [1.807, 2.05) is 12.1 Å². The molecule has 0 fully saturated rings. The molecule has 2 aromatic heterocycles. The number of nitrogens with one attached hydrogen (secondary N) is 2. The molecule has 0 aliphatic carbocycles. The molecule has 8 heteroatoms. The highest BCUT2D eigenvalue weighted by molar-refractivity contribution is 5.95. The van der Waals surface area contributed by atoms with Crippen LogP contribution in [0, 0.1) is 13.8 Å². The summed E-state index contributed by atoms with van der Waals surface area (Å²) in [4.78, 5) is 17.1. The number of rotatable bonds is 3. The Morgan fingerprint density at radius 2 is 1.79 bits per heavy atom. The molecule has 0 aliphatic heterocycles. The summed E-state index contributed by atoms with van der Waals surface area (Å²) in [6, 6.07) is 14.3. The predicted octanol–water partition coefficient (Wildman–Crippen LogP) is 4.05. The lowest BCUT2D eigenvalue weighted by Gasteiger charge is -2.07. The average Bonchev–Trinajstić information content (AvgIpc) is 3.04. The van der Waals surface area contributed by atoms with E-state index in [0.717, 1.165) is 34.8 Å². The molecule has 4 aromatic rings. The topological polar surface area (TPSA) is 130 Å². The van der Waals surface area contributed by atoms with Gasteiger partial charge in [0.15, 0.2) is 0 Å². The van der Waals surface area contributed by atoms with Crippen molar-refractivity contribution in [3.05, 3.63) is 59.8 Å². The van der Waals surface area contributed by atoms with Gasteiger partial charge in [-0.15, -0.1) is 0 Å². The minimum absolute atomic E-state index is 0.241. The normalized spacial score (nSPS) is 10.3. The molecule has 0 spiro atoms. The highest BCUT2D eigenvalue weighted by atomic mass is 16.4. The summed E-state index contributed by atoms with van der Waals surface area (Å²) in [5.41, 5.74) is 12.0. The number of aliphatic carboxylic acids is 1. The van der Waals surface area contributed by atoms with Crippen molar-refractivity contribution in [2.75, 3.05) is 11.1 Å². The van der Waals surface area contributed by atoms with Crippen molar-refractivity contribution in [1.29, 1.82) is 0 Å². The van der Waals surface area contributed by atoms with Crippen molar-refractivity contribution in [3.8, 4) is 11.3 Å². The molecule has 2 aromatic carbocycles. The lowest BCUT2D eigenvalue weighted by Crippen LogP contribution is -1.98. The van der Waals surface area contributed by atoms with Gasteiger partial charge in [0.1, 0.15) is 5.82 Å². The van der Waals surface area contributed by atoms with Gasteiger partial charge in [-0.3, -0.25) is 9.89 Å². The standard InChI is InChI=1S/C19H18N6.C2H4O2/c1-11-7-12(2)9-13(8-11)18-15-10-14(3-4-16(15)24-25-18)22-17-5-6-21-19(20)23-17;1-2(3)4/h3-10H,1-2H3,(H,24,25)(H3,20,21,22,23);1H3,(H,3,4). The molecule has 0 saturated carbocycles. The fourth-order valence-electron chi connectivity index (χ4n) is 3.01. The van der Waals surface area contributed by atoms with Gasteiger partial charge in [-0.05, 0) is 50.2 Å². The number of carboxylic acids is 1. The smallest absolute Gasteiger partial charge is 0.300 e. The van der Waals surface area contributed by atoms with Gasteiger partial charge in [-0.1, -0.05) is 17.2 Å². The van der Waals surface area contributed by atoms with Crippen LogP contribution in [0.3, 0.4) is 0 Å². The van der Waals surface area contributed by atoms with Crippen LogP contribution in [0.4, 0.5) is 17.5 Å². The quantitative estimate of drug-likeness (QED) is 0.415. The number of nitrogen functional groups attached to an aromatic ring is 1. The van der Waals surface area contributed by atoms with E-state index in [-0.39, 0.29) is 5.95 Å². The highest BCUT2D eigenvalue weighted by Crippen LogP contribution is 2.30. The zero-order valence-electron chi connectivity index (χ0n) is 16.4. The predicted molar refractivity (Wildman–Crippen MR) is 114 cm³/mol. The van der Waals surface area contributed by atoms with Crippen molar-refractivity contribution in [2.45, 2.75) is 20.8 Å². The van der Waals surface area contributed by atoms with Crippen LogP contribution >= 0.6 is 0 Å². The Morgan fingerprint density at radius 1 is 1.10 bits per heavy atom. The molecule has 0 unspecified atom stereocenters. The van der Waals surface area contributed by atoms with Crippen molar-refractivity contribution >= 4 is 34.3 Å². The summed E-state index contributed by atoms with van der Waals surface area (Å²) in [7, 11) is 0. The molecule has 5 N–H and O–H groups in total. The third-order valence-electron chi connectivity index (χ3n) is 4.00. The van der Waals surface area contributed by atoms with E-state index in [9.17, 15) is 0 Å². The van der Waals surface area contributed by atoms with Crippen LogP contribution in [-0.2, 0) is 4.79 Å². The van der Waals surface area contributed by atoms with E-state index < -0.39 is 5.97 Å². The van der Waals surface area contributed by atoms with Crippen LogP contribution in [0.25, 0.3) is 22.2 Å². The number of fused-ring (bicyclic) bond motifs is 1. The Bertz CT molecular complexity index is 1140. The maximum absolute atomic E-state index is 9.00. The molecule has 4 rings (SSSR count). The number of hydrogen-bond acceptors (Lipinski definition) is 6. The number of H-pyrrole nitrogens is 1. The van der Waals surface area contributed by atoms with Gasteiger partial charge in [0.25, 0.3) is 5.97 Å². The molecule has 0 atom stereocenters. The summed E-state index contributed by atoms with van der Waals surface area (Å²) in [5, 5.41) is 19.3. The van der Waals surface area contributed by atoms with E-state index in [0.29, 0.717) is 5.82 Å². The van der Waals surface area contributed by atoms with Gasteiger partial charge in [0.2, 0.25) is 5.95 Å². The van der Waals surface area contributed by atoms with Crippen molar-refractivity contribution in [3.63, 3.8) is 0 Å². The van der Waals surface area contributed by atoms with Crippen LogP contribution in [-0.4, -0.2) is 31.2 Å². The molecule has 0 aliphatic rings. The highest BCUT2D eigenvalue weighted by Gasteiger charge is 2.10. The number of nitrogens with two attached hydrogens (primary N) is 1. The van der Waals surface area contributed by atoms with Gasteiger partial charge in [0.05, 0.1) is 11.2 Å². The second-order valence-electron chi connectivity index (χ2n) is 6.65. The Morgan fingerprint density at radius 3 is 2.45 bits per heavy atom. The van der Waals surface area contributed by atoms with Crippen LogP contribution in [0.5, 0.6) is 0 Å². The molecule has 0 amide bonds. The molecule has 0 bridgehead atoms. The van der Waals surface area contributed by atoms with Crippen LogP contribution < -0.4 is 11.1 Å². The van der Waals surface area contributed by atoms with E-state index in [2.05, 4.69) is 63.6 Å². The Hall–Kier alpha value is -3.94. The summed E-state index contributed by atoms with van der Waals surface area (Å²) in [6.07, 6.45) is 1.63. The molecule has 0 radical (unpaired) electrons. The van der Waals surface area contributed by atoms with Crippen molar-refractivity contribution in [1.82, 2.24) is 20.2 Å². The summed E-state index contributed by atoms with van der Waals surface area (Å²) in [5.74, 6) is 0.0635. The second kappa shape index (κ2) is 8.39. The van der Waals surface area contributed by atoms with Crippen LogP contribution in [0.2, 0.25) is 0 Å². The van der Waals surface area contributed by atoms with E-state index in [1.165, 1.54) is 11.1 Å². The fraction of sp³-hybridized carbons (Fsp3) is 0.143. The number of aromatic nitrogens is 4. The largest absolute Gasteiger partial charge is 0.481 e. The summed E-state index contributed by atoms with van der Waals surface area (Å²) in [6.45, 7) is 5.27. The number of carbonyl (C=O) groups is 1. The summed E-state index contributed by atoms with van der Waals surface area (Å²) < 4.78 is 0. The first-order valence-corrected chi connectivity index (χ1v) is 8.93. The zero-order chi connectivity index (χ0) is 21.0. The first-order chi connectivity index (χ1) is 13.8. The van der Waals surface area contributed by atoms with E-state index in [1.54, 1.807) is 12.3 Å². The van der Waals surface area contributed by atoms with E-state index in [4.69, 9.17) is 15.6 Å². The van der Waals surface area contributed by atoms with Crippen molar-refractivity contribution < 1.29 is 9.90 Å². The van der Waals surface area contributed by atoms with Gasteiger partial charge >= 0.3 is 0 Å². The number of carboxylic acid groups (broad SMARTS) is 1. The maximum Gasteiger partial charge on any atom is 0.300 e. The molecule has 148 valence electrons.